The minimum Gasteiger partial charge on any atom is -0.497 e. The second kappa shape index (κ2) is 3.95. The van der Waals surface area contributed by atoms with Gasteiger partial charge < -0.3 is 9.84 Å². The molecule has 0 rings (SSSR count). The molecule has 1 N–H and O–H groups in total. The van der Waals surface area contributed by atoms with E-state index in [2.05, 4.69) is 13.2 Å². The third-order valence-electron chi connectivity index (χ3n) is 1.75. The van der Waals surface area contributed by atoms with Crippen LogP contribution in [0, 0.1) is 5.41 Å². The summed E-state index contributed by atoms with van der Waals surface area (Å²) in [7, 11) is 0. The van der Waals surface area contributed by atoms with Crippen LogP contribution < -0.4 is 0 Å². The van der Waals surface area contributed by atoms with Crippen LogP contribution in [0.3, 0.4) is 0 Å². The quantitative estimate of drug-likeness (QED) is 0.505. The Morgan fingerprint density at radius 3 is 2.50 bits per heavy atom. The topological polar surface area (TPSA) is 46.5 Å². The normalized spacial score (nSPS) is 14.5. The van der Waals surface area contributed by atoms with Crippen LogP contribution in [0.4, 0.5) is 0 Å². The van der Waals surface area contributed by atoms with Gasteiger partial charge in [-0.2, -0.15) is 0 Å². The van der Waals surface area contributed by atoms with E-state index >= 15 is 0 Å². The lowest BCUT2D eigenvalue weighted by molar-refractivity contribution is -0.145. The molecule has 0 saturated carbocycles. The number of carbonyl (C=O) groups is 1. The van der Waals surface area contributed by atoms with Crippen molar-refractivity contribution < 1.29 is 14.6 Å². The van der Waals surface area contributed by atoms with E-state index < -0.39 is 11.4 Å². The highest BCUT2D eigenvalue weighted by Crippen LogP contribution is 2.27. The molecule has 3 heteroatoms. The van der Waals surface area contributed by atoms with Crippen LogP contribution in [0.25, 0.3) is 0 Å². The average molecular weight is 170 g/mol. The van der Waals surface area contributed by atoms with Crippen LogP contribution in [-0.4, -0.2) is 17.7 Å². The molecule has 0 aromatic heterocycles. The molecule has 0 aromatic rings. The fourth-order valence-corrected chi connectivity index (χ4v) is 0.645. The molecule has 0 amide bonds. The summed E-state index contributed by atoms with van der Waals surface area (Å²) in [6.45, 7) is 10.7. The van der Waals surface area contributed by atoms with E-state index in [1.807, 2.05) is 0 Å². The van der Waals surface area contributed by atoms with E-state index in [0.717, 1.165) is 0 Å². The second-order valence-electron chi connectivity index (χ2n) is 2.57. The molecule has 0 bridgehead atoms. The van der Waals surface area contributed by atoms with Crippen molar-refractivity contribution >= 4 is 5.97 Å². The predicted octanol–water partition coefficient (Wildman–Crippen LogP) is 1.81. The van der Waals surface area contributed by atoms with Crippen LogP contribution in [0.15, 0.2) is 25.0 Å². The number of rotatable bonds is 5. The van der Waals surface area contributed by atoms with Gasteiger partial charge in [0.05, 0.1) is 6.61 Å². The number of ether oxygens (including phenoxy) is 1. The van der Waals surface area contributed by atoms with Gasteiger partial charge in [-0.1, -0.05) is 12.7 Å². The van der Waals surface area contributed by atoms with Crippen molar-refractivity contribution in [3.05, 3.63) is 25.0 Å². The van der Waals surface area contributed by atoms with Crippen LogP contribution in [0.5, 0.6) is 0 Å². The van der Waals surface area contributed by atoms with E-state index in [0.29, 0.717) is 6.61 Å². The number of carboxylic acid groups (broad SMARTS) is 1. The van der Waals surface area contributed by atoms with Gasteiger partial charge in [-0.3, -0.25) is 4.79 Å². The monoisotopic (exact) mass is 170 g/mol. The first-order chi connectivity index (χ1) is 5.49. The molecule has 0 aliphatic rings. The molecule has 1 atom stereocenters. The first-order valence-corrected chi connectivity index (χ1v) is 3.68. The van der Waals surface area contributed by atoms with Gasteiger partial charge in [-0.15, -0.1) is 6.58 Å². The Labute approximate surface area is 72.3 Å². The van der Waals surface area contributed by atoms with Gasteiger partial charge in [-0.25, -0.2) is 0 Å². The minimum absolute atomic E-state index is 0.215. The Morgan fingerprint density at radius 1 is 1.75 bits per heavy atom. The third-order valence-corrected chi connectivity index (χ3v) is 1.75. The fourth-order valence-electron chi connectivity index (χ4n) is 0.645. The summed E-state index contributed by atoms with van der Waals surface area (Å²) < 4.78 is 5.01. The molecule has 0 spiro atoms. The molecule has 0 aromatic carbocycles. The van der Waals surface area contributed by atoms with Gasteiger partial charge in [0.15, 0.2) is 0 Å². The lowest BCUT2D eigenvalue weighted by Gasteiger charge is -2.22. The van der Waals surface area contributed by atoms with Gasteiger partial charge in [0.2, 0.25) is 0 Å². The largest absolute Gasteiger partial charge is 0.497 e. The maximum Gasteiger partial charge on any atom is 0.320 e. The Bertz CT molecular complexity index is 208. The zero-order chi connectivity index (χ0) is 9.78. The molecule has 68 valence electrons. The predicted molar refractivity (Wildman–Crippen MR) is 46.7 cm³/mol. The summed E-state index contributed by atoms with van der Waals surface area (Å²) >= 11 is 0. The Hall–Kier alpha value is -1.25. The summed E-state index contributed by atoms with van der Waals surface area (Å²) in [5.74, 6) is -0.788. The maximum absolute atomic E-state index is 10.8. The molecular formula is C9H14O3. The van der Waals surface area contributed by atoms with Gasteiger partial charge in [0.1, 0.15) is 11.2 Å². The SMILES string of the molecule is C=CC(C)(C(=C)OCC)C(=O)O. The van der Waals surface area contributed by atoms with Crippen LogP contribution in [0.2, 0.25) is 0 Å². The molecule has 12 heavy (non-hydrogen) atoms. The molecule has 0 fully saturated rings. The number of carboxylic acids is 1. The lowest BCUT2D eigenvalue weighted by atomic mass is 9.89. The molecule has 0 aliphatic heterocycles. The van der Waals surface area contributed by atoms with Crippen molar-refractivity contribution in [3.8, 4) is 0 Å². The zero-order valence-corrected chi connectivity index (χ0v) is 7.46. The van der Waals surface area contributed by atoms with Crippen LogP contribution >= 0.6 is 0 Å². The number of aliphatic carboxylic acids is 1. The van der Waals surface area contributed by atoms with Crippen molar-refractivity contribution in [2.45, 2.75) is 13.8 Å². The molecular weight excluding hydrogens is 156 g/mol. The number of hydrogen-bond acceptors (Lipinski definition) is 2. The van der Waals surface area contributed by atoms with E-state index in [4.69, 9.17) is 9.84 Å². The highest BCUT2D eigenvalue weighted by molar-refractivity contribution is 5.79. The van der Waals surface area contributed by atoms with Crippen molar-refractivity contribution in [2.75, 3.05) is 6.61 Å². The minimum atomic E-state index is -1.18. The Kier molecular flexibility index (Phi) is 3.54. The first-order valence-electron chi connectivity index (χ1n) is 3.68. The fraction of sp³-hybridized carbons (Fsp3) is 0.444. The summed E-state index contributed by atoms with van der Waals surface area (Å²) in [5.41, 5.74) is -1.18. The second-order valence-corrected chi connectivity index (χ2v) is 2.57. The summed E-state index contributed by atoms with van der Waals surface area (Å²) in [5, 5.41) is 8.82. The van der Waals surface area contributed by atoms with E-state index in [9.17, 15) is 4.79 Å². The highest BCUT2D eigenvalue weighted by atomic mass is 16.5. The van der Waals surface area contributed by atoms with E-state index in [1.165, 1.54) is 13.0 Å². The maximum atomic E-state index is 10.8. The first kappa shape index (κ1) is 10.8. The van der Waals surface area contributed by atoms with Gasteiger partial charge >= 0.3 is 5.97 Å². The van der Waals surface area contributed by atoms with Gasteiger partial charge in [0.25, 0.3) is 0 Å². The van der Waals surface area contributed by atoms with Gasteiger partial charge in [0, 0.05) is 0 Å². The van der Waals surface area contributed by atoms with E-state index in [1.54, 1.807) is 6.92 Å². The average Bonchev–Trinajstić information content (AvgIpc) is 2.03. The van der Waals surface area contributed by atoms with E-state index in [-0.39, 0.29) is 5.76 Å². The van der Waals surface area contributed by atoms with Gasteiger partial charge in [-0.05, 0) is 13.8 Å². The smallest absolute Gasteiger partial charge is 0.320 e. The Morgan fingerprint density at radius 2 is 2.25 bits per heavy atom. The van der Waals surface area contributed by atoms with Crippen molar-refractivity contribution in [1.82, 2.24) is 0 Å². The summed E-state index contributed by atoms with van der Waals surface area (Å²) in [4.78, 5) is 10.8. The summed E-state index contributed by atoms with van der Waals surface area (Å²) in [6.07, 6.45) is 1.31. The standard InChI is InChI=1S/C9H14O3/c1-5-9(4,8(10)11)7(3)12-6-2/h5H,1,3,6H2,2,4H3,(H,10,11). The molecule has 0 saturated heterocycles. The molecule has 0 radical (unpaired) electrons. The Balaban J connectivity index is 4.63. The van der Waals surface area contributed by atoms with Crippen molar-refractivity contribution in [2.24, 2.45) is 5.41 Å². The highest BCUT2D eigenvalue weighted by Gasteiger charge is 2.34. The van der Waals surface area contributed by atoms with Crippen LogP contribution in [-0.2, 0) is 9.53 Å². The third kappa shape index (κ3) is 1.87. The molecule has 1 unspecified atom stereocenters. The molecule has 3 nitrogen and oxygen atoms in total. The zero-order valence-electron chi connectivity index (χ0n) is 7.46. The molecule has 0 aliphatic carbocycles. The van der Waals surface area contributed by atoms with Crippen molar-refractivity contribution in [1.29, 1.82) is 0 Å². The van der Waals surface area contributed by atoms with Crippen LogP contribution in [0.1, 0.15) is 13.8 Å². The lowest BCUT2D eigenvalue weighted by Crippen LogP contribution is -2.28. The molecule has 0 heterocycles. The summed E-state index contributed by atoms with van der Waals surface area (Å²) in [6, 6.07) is 0. The van der Waals surface area contributed by atoms with Crippen molar-refractivity contribution in [3.63, 3.8) is 0 Å². The number of hydrogen-bond donors (Lipinski definition) is 1.